The molecule has 0 bridgehead atoms. The fourth-order valence-electron chi connectivity index (χ4n) is 4.60. The average molecular weight is 442 g/mol. The fraction of sp³-hybridized carbons (Fsp3) is 0.267. The monoisotopic (exact) mass is 441 g/mol. The fourth-order valence-corrected chi connectivity index (χ4v) is 5.36. The molecular formula is C30H35NS. The van der Waals surface area contributed by atoms with Gasteiger partial charge in [-0.2, -0.15) is 0 Å². The maximum atomic E-state index is 3.11. The van der Waals surface area contributed by atoms with Gasteiger partial charge in [0.25, 0.3) is 0 Å². The van der Waals surface area contributed by atoms with Crippen molar-refractivity contribution in [2.45, 2.75) is 40.0 Å². The van der Waals surface area contributed by atoms with Crippen LogP contribution in [0.3, 0.4) is 0 Å². The number of benzene rings is 3. The molecule has 0 fully saturated rings. The lowest BCUT2D eigenvalue weighted by molar-refractivity contribution is 0.730. The molecule has 166 valence electrons. The molecular weight excluding hydrogens is 406 g/mol. The molecule has 1 nitrogen and oxygen atoms in total. The molecule has 0 aliphatic rings. The van der Waals surface area contributed by atoms with Crippen LogP contribution in [-0.2, 0) is 5.41 Å². The van der Waals surface area contributed by atoms with Gasteiger partial charge in [0.2, 0.25) is 0 Å². The summed E-state index contributed by atoms with van der Waals surface area (Å²) >= 11 is 1.83. The summed E-state index contributed by atoms with van der Waals surface area (Å²) in [6, 6.07) is 30.9. The predicted octanol–water partition coefficient (Wildman–Crippen LogP) is 7.67. The zero-order valence-corrected chi connectivity index (χ0v) is 20.8. The van der Waals surface area contributed by atoms with Crippen molar-refractivity contribution >= 4 is 11.3 Å². The molecule has 0 aliphatic heterocycles. The van der Waals surface area contributed by atoms with Gasteiger partial charge >= 0.3 is 0 Å². The highest BCUT2D eigenvalue weighted by molar-refractivity contribution is 7.10. The summed E-state index contributed by atoms with van der Waals surface area (Å²) in [4.78, 5) is 1.37. The number of aryl methyl sites for hydroxylation is 3. The van der Waals surface area contributed by atoms with Crippen molar-refractivity contribution in [3.05, 3.63) is 129 Å². The summed E-state index contributed by atoms with van der Waals surface area (Å²) in [5.41, 5.74) is 7.71. The van der Waals surface area contributed by atoms with Crippen molar-refractivity contribution in [2.75, 3.05) is 13.1 Å². The highest BCUT2D eigenvalue weighted by Gasteiger charge is 2.41. The Labute approximate surface area is 198 Å². The average Bonchev–Trinajstić information content (AvgIpc) is 3.24. The van der Waals surface area contributed by atoms with E-state index >= 15 is 0 Å². The molecule has 0 saturated carbocycles. The van der Waals surface area contributed by atoms with Gasteiger partial charge in [-0.15, -0.1) is 11.3 Å². The third-order valence-electron chi connectivity index (χ3n) is 6.07. The van der Waals surface area contributed by atoms with E-state index in [1.165, 1.54) is 38.3 Å². The third kappa shape index (κ3) is 4.72. The van der Waals surface area contributed by atoms with Crippen LogP contribution in [0.25, 0.3) is 0 Å². The van der Waals surface area contributed by atoms with Gasteiger partial charge < -0.3 is 5.32 Å². The van der Waals surface area contributed by atoms with Gasteiger partial charge in [-0.05, 0) is 78.7 Å². The first kappa shape index (κ1) is 24.0. The summed E-state index contributed by atoms with van der Waals surface area (Å²) in [5.74, 6) is 0. The third-order valence-corrected chi connectivity index (χ3v) is 6.91. The van der Waals surface area contributed by atoms with E-state index < -0.39 is 0 Å². The topological polar surface area (TPSA) is 12.0 Å². The maximum Gasteiger partial charge on any atom is 0.0717 e. The molecule has 2 heteroatoms. The summed E-state index contributed by atoms with van der Waals surface area (Å²) in [7, 11) is 0. The second kappa shape index (κ2) is 11.3. The van der Waals surface area contributed by atoms with Gasteiger partial charge in [0.1, 0.15) is 0 Å². The molecule has 4 aromatic rings. The van der Waals surface area contributed by atoms with E-state index in [0.29, 0.717) is 0 Å². The molecule has 4 rings (SSSR count). The number of hydrogen-bond acceptors (Lipinski definition) is 2. The molecule has 1 aromatic heterocycles. The predicted molar refractivity (Wildman–Crippen MR) is 141 cm³/mol. The van der Waals surface area contributed by atoms with Crippen LogP contribution in [-0.4, -0.2) is 13.1 Å². The molecule has 0 atom stereocenters. The maximum absolute atomic E-state index is 3.11. The molecule has 0 radical (unpaired) electrons. The second-order valence-electron chi connectivity index (χ2n) is 8.09. The van der Waals surface area contributed by atoms with Crippen molar-refractivity contribution in [1.82, 2.24) is 5.32 Å². The number of thiophene rings is 1. The Bertz CT molecular complexity index is 1060. The zero-order valence-electron chi connectivity index (χ0n) is 20.0. The first-order chi connectivity index (χ1) is 15.6. The van der Waals surface area contributed by atoms with Crippen LogP contribution in [0, 0.1) is 20.8 Å². The SMILES string of the molecule is CCNCC.Cc1ccccc1C(c1ccccc1)(c1ccccc1C)c1ccsc1C. The van der Waals surface area contributed by atoms with Crippen LogP contribution in [0.4, 0.5) is 0 Å². The normalized spacial score (nSPS) is 11.0. The van der Waals surface area contributed by atoms with Crippen molar-refractivity contribution < 1.29 is 0 Å². The van der Waals surface area contributed by atoms with Crippen LogP contribution in [0.2, 0.25) is 0 Å². The summed E-state index contributed by atoms with van der Waals surface area (Å²) in [6.07, 6.45) is 0. The standard InChI is InChI=1S/C26H24S.C4H11N/c1-19-11-7-9-15-23(19)26(22-13-5-4-6-14-22,25-17-18-27-21(25)3)24-16-10-8-12-20(24)2;1-3-5-4-2/h4-18H,1-3H3;5H,3-4H2,1-2H3. The lowest BCUT2D eigenvalue weighted by Gasteiger charge is -2.38. The number of rotatable bonds is 6. The van der Waals surface area contributed by atoms with Crippen molar-refractivity contribution in [1.29, 1.82) is 0 Å². The smallest absolute Gasteiger partial charge is 0.0717 e. The Hall–Kier alpha value is -2.68. The van der Waals surface area contributed by atoms with E-state index in [-0.39, 0.29) is 5.41 Å². The minimum Gasteiger partial charge on any atom is -0.317 e. The molecule has 0 unspecified atom stereocenters. The van der Waals surface area contributed by atoms with Crippen molar-refractivity contribution in [2.24, 2.45) is 0 Å². The summed E-state index contributed by atoms with van der Waals surface area (Å²) in [6.45, 7) is 13.1. The minimum atomic E-state index is -0.317. The van der Waals surface area contributed by atoms with Crippen LogP contribution < -0.4 is 5.32 Å². The van der Waals surface area contributed by atoms with E-state index in [0.717, 1.165) is 13.1 Å². The quantitative estimate of drug-likeness (QED) is 0.303. The molecule has 0 amide bonds. The van der Waals surface area contributed by atoms with Crippen LogP contribution >= 0.6 is 11.3 Å². The summed E-state index contributed by atoms with van der Waals surface area (Å²) < 4.78 is 0. The van der Waals surface area contributed by atoms with E-state index in [9.17, 15) is 0 Å². The second-order valence-corrected chi connectivity index (χ2v) is 9.21. The highest BCUT2D eigenvalue weighted by atomic mass is 32.1. The zero-order chi connectivity index (χ0) is 23.0. The Morgan fingerprint density at radius 3 is 1.53 bits per heavy atom. The van der Waals surface area contributed by atoms with Gasteiger partial charge in [-0.3, -0.25) is 0 Å². The van der Waals surface area contributed by atoms with Crippen LogP contribution in [0.5, 0.6) is 0 Å². The minimum absolute atomic E-state index is 0.317. The summed E-state index contributed by atoms with van der Waals surface area (Å²) in [5, 5.41) is 5.33. The number of hydrogen-bond donors (Lipinski definition) is 1. The number of nitrogens with one attached hydrogen (secondary N) is 1. The van der Waals surface area contributed by atoms with E-state index in [2.05, 4.69) is 130 Å². The lowest BCUT2D eigenvalue weighted by Crippen LogP contribution is -2.33. The Morgan fingerprint density at radius 2 is 1.12 bits per heavy atom. The largest absolute Gasteiger partial charge is 0.317 e. The van der Waals surface area contributed by atoms with Gasteiger partial charge in [-0.1, -0.05) is 92.7 Å². The van der Waals surface area contributed by atoms with Gasteiger partial charge in [0.15, 0.2) is 0 Å². The Morgan fingerprint density at radius 1 is 0.625 bits per heavy atom. The van der Waals surface area contributed by atoms with Crippen LogP contribution in [0.15, 0.2) is 90.3 Å². The van der Waals surface area contributed by atoms with Crippen molar-refractivity contribution in [3.63, 3.8) is 0 Å². The molecule has 0 aliphatic carbocycles. The van der Waals surface area contributed by atoms with Gasteiger partial charge in [0.05, 0.1) is 5.41 Å². The molecule has 0 spiro atoms. The first-order valence-corrected chi connectivity index (χ1v) is 12.4. The molecule has 0 saturated heterocycles. The molecule has 32 heavy (non-hydrogen) atoms. The van der Waals surface area contributed by atoms with E-state index in [1.54, 1.807) is 0 Å². The molecule has 3 aromatic carbocycles. The van der Waals surface area contributed by atoms with Crippen LogP contribution in [0.1, 0.15) is 52.1 Å². The molecule has 1 heterocycles. The van der Waals surface area contributed by atoms with E-state index in [1.807, 2.05) is 11.3 Å². The van der Waals surface area contributed by atoms with Gasteiger partial charge in [-0.25, -0.2) is 0 Å². The Kier molecular flexibility index (Phi) is 8.44. The Balaban J connectivity index is 0.000000523. The van der Waals surface area contributed by atoms with Crippen molar-refractivity contribution in [3.8, 4) is 0 Å². The lowest BCUT2D eigenvalue weighted by atomic mass is 9.63. The van der Waals surface area contributed by atoms with Gasteiger partial charge in [0, 0.05) is 4.88 Å². The first-order valence-electron chi connectivity index (χ1n) is 11.5. The molecule has 1 N–H and O–H groups in total. The highest BCUT2D eigenvalue weighted by Crippen LogP contribution is 2.49. The van der Waals surface area contributed by atoms with E-state index in [4.69, 9.17) is 0 Å².